The number of aliphatic hydroxyl groups is 1. The highest BCUT2D eigenvalue weighted by atomic mass is 79.9. The van der Waals surface area contributed by atoms with E-state index in [1.54, 1.807) is 0 Å². The maximum absolute atomic E-state index is 9.46. The van der Waals surface area contributed by atoms with Crippen LogP contribution in [-0.4, -0.2) is 43.7 Å². The summed E-state index contributed by atoms with van der Waals surface area (Å²) in [6.07, 6.45) is 2.46. The van der Waals surface area contributed by atoms with Crippen LogP contribution in [0.4, 0.5) is 5.69 Å². The molecule has 1 N–H and O–H groups in total. The van der Waals surface area contributed by atoms with Crippen molar-refractivity contribution >= 4 is 21.6 Å². The van der Waals surface area contributed by atoms with E-state index in [1.165, 1.54) is 25.1 Å². The van der Waals surface area contributed by atoms with Gasteiger partial charge in [0.1, 0.15) is 0 Å². The topological polar surface area (TPSA) is 26.7 Å². The molecule has 19 heavy (non-hydrogen) atoms. The number of benzene rings is 1. The van der Waals surface area contributed by atoms with Crippen molar-refractivity contribution < 1.29 is 5.11 Å². The third kappa shape index (κ3) is 3.94. The van der Waals surface area contributed by atoms with E-state index in [2.05, 4.69) is 45.9 Å². The second kappa shape index (κ2) is 6.73. The molecule has 4 heteroatoms. The van der Waals surface area contributed by atoms with Gasteiger partial charge in [-0.1, -0.05) is 22.0 Å². The maximum atomic E-state index is 9.46. The summed E-state index contributed by atoms with van der Waals surface area (Å²) in [5.74, 6) is 0.802. The molecule has 2 rings (SSSR count). The number of rotatable bonds is 4. The van der Waals surface area contributed by atoms with E-state index in [0.29, 0.717) is 0 Å². The number of halogens is 1. The third-order valence-corrected chi connectivity index (χ3v) is 4.29. The quantitative estimate of drug-likeness (QED) is 0.921. The minimum atomic E-state index is 0.111. The van der Waals surface area contributed by atoms with E-state index >= 15 is 0 Å². The molecule has 1 aliphatic rings. The Labute approximate surface area is 124 Å². The van der Waals surface area contributed by atoms with Gasteiger partial charge in [0, 0.05) is 35.4 Å². The van der Waals surface area contributed by atoms with Gasteiger partial charge in [0.05, 0.1) is 6.61 Å². The molecular formula is C15H23BrN2O. The summed E-state index contributed by atoms with van der Waals surface area (Å²) >= 11 is 3.52. The molecule has 0 radical (unpaired) electrons. The van der Waals surface area contributed by atoms with Crippen molar-refractivity contribution in [2.24, 2.45) is 5.92 Å². The predicted molar refractivity (Wildman–Crippen MR) is 83.6 cm³/mol. The molecule has 1 fully saturated rings. The summed E-state index contributed by atoms with van der Waals surface area (Å²) in [5.41, 5.74) is 2.20. The van der Waals surface area contributed by atoms with E-state index in [4.69, 9.17) is 0 Å². The van der Waals surface area contributed by atoms with Gasteiger partial charge in [-0.05, 0) is 45.0 Å². The van der Waals surface area contributed by atoms with Gasteiger partial charge in [0.25, 0.3) is 0 Å². The van der Waals surface area contributed by atoms with Crippen LogP contribution in [0.5, 0.6) is 0 Å². The number of nitrogens with zero attached hydrogens (tertiary/aromatic N) is 2. The van der Waals surface area contributed by atoms with Gasteiger partial charge >= 0.3 is 0 Å². The van der Waals surface area contributed by atoms with Gasteiger partial charge in [0.2, 0.25) is 0 Å². The average molecular weight is 327 g/mol. The molecule has 0 saturated carbocycles. The maximum Gasteiger partial charge on any atom is 0.0702 e. The molecule has 1 aromatic carbocycles. The summed E-state index contributed by atoms with van der Waals surface area (Å²) in [6, 6.07) is 6.12. The number of hydrogen-bond acceptors (Lipinski definition) is 3. The summed E-state index contributed by atoms with van der Waals surface area (Å²) < 4.78 is 1.08. The Morgan fingerprint density at radius 2 is 2.00 bits per heavy atom. The molecule has 0 aromatic heterocycles. The Bertz CT molecular complexity index is 415. The lowest BCUT2D eigenvalue weighted by Gasteiger charge is -2.35. The number of piperidine rings is 1. The van der Waals surface area contributed by atoms with Crippen molar-refractivity contribution in [2.45, 2.75) is 19.4 Å². The fraction of sp³-hybridized carbons (Fsp3) is 0.600. The van der Waals surface area contributed by atoms with Gasteiger partial charge in [-0.15, -0.1) is 0 Å². The van der Waals surface area contributed by atoms with Crippen LogP contribution in [0.25, 0.3) is 0 Å². The first-order valence-corrected chi connectivity index (χ1v) is 7.68. The van der Waals surface area contributed by atoms with Crippen LogP contribution in [0.3, 0.4) is 0 Å². The zero-order valence-corrected chi connectivity index (χ0v) is 13.4. The Balaban J connectivity index is 2.03. The van der Waals surface area contributed by atoms with Crippen molar-refractivity contribution in [3.8, 4) is 0 Å². The van der Waals surface area contributed by atoms with Crippen LogP contribution in [0.1, 0.15) is 18.4 Å². The predicted octanol–water partition coefficient (Wildman–Crippen LogP) is 2.72. The number of anilines is 1. The highest BCUT2D eigenvalue weighted by Crippen LogP contribution is 2.29. The van der Waals surface area contributed by atoms with Gasteiger partial charge in [0.15, 0.2) is 0 Å². The van der Waals surface area contributed by atoms with Crippen molar-refractivity contribution in [2.75, 3.05) is 38.6 Å². The first-order valence-electron chi connectivity index (χ1n) is 6.89. The van der Waals surface area contributed by atoms with E-state index in [9.17, 15) is 5.11 Å². The lowest BCUT2D eigenvalue weighted by atomic mass is 9.95. The molecule has 0 unspecified atom stereocenters. The number of hydrogen-bond donors (Lipinski definition) is 1. The van der Waals surface area contributed by atoms with Crippen LogP contribution in [0, 0.1) is 5.92 Å². The molecular weight excluding hydrogens is 304 g/mol. The van der Waals surface area contributed by atoms with Crippen molar-refractivity contribution in [3.63, 3.8) is 0 Å². The minimum absolute atomic E-state index is 0.111. The highest BCUT2D eigenvalue weighted by molar-refractivity contribution is 9.10. The lowest BCUT2D eigenvalue weighted by Crippen LogP contribution is -2.37. The molecule has 3 nitrogen and oxygen atoms in total. The van der Waals surface area contributed by atoms with Gasteiger partial charge < -0.3 is 14.9 Å². The average Bonchev–Trinajstić information content (AvgIpc) is 2.39. The van der Waals surface area contributed by atoms with E-state index < -0.39 is 0 Å². The molecule has 0 bridgehead atoms. The highest BCUT2D eigenvalue weighted by Gasteiger charge is 2.21. The van der Waals surface area contributed by atoms with Gasteiger partial charge in [-0.25, -0.2) is 0 Å². The van der Waals surface area contributed by atoms with Gasteiger partial charge in [-0.3, -0.25) is 0 Å². The fourth-order valence-corrected chi connectivity index (χ4v) is 3.19. The zero-order valence-electron chi connectivity index (χ0n) is 11.8. The first kappa shape index (κ1) is 14.8. The summed E-state index contributed by atoms with van der Waals surface area (Å²) in [6.45, 7) is 3.46. The van der Waals surface area contributed by atoms with Crippen LogP contribution >= 0.6 is 15.9 Å². The Hall–Kier alpha value is -0.580. The van der Waals surface area contributed by atoms with Gasteiger partial charge in [-0.2, -0.15) is 0 Å². The summed E-state index contributed by atoms with van der Waals surface area (Å²) in [4.78, 5) is 4.68. The third-order valence-electron chi connectivity index (χ3n) is 3.80. The van der Waals surface area contributed by atoms with E-state index in [-0.39, 0.29) is 6.61 Å². The summed E-state index contributed by atoms with van der Waals surface area (Å²) in [7, 11) is 4.29. The Morgan fingerprint density at radius 3 is 2.58 bits per heavy atom. The van der Waals surface area contributed by atoms with Crippen LogP contribution in [-0.2, 0) is 6.61 Å². The second-order valence-corrected chi connectivity index (χ2v) is 6.54. The molecule has 0 amide bonds. The lowest BCUT2D eigenvalue weighted by molar-refractivity contribution is 0.277. The molecule has 0 spiro atoms. The van der Waals surface area contributed by atoms with Crippen molar-refractivity contribution in [1.29, 1.82) is 0 Å². The molecule has 1 heterocycles. The molecule has 1 aliphatic heterocycles. The standard InChI is InChI=1S/C15H23BrN2O/c1-17(2)10-12-5-7-18(8-6-12)15-9-14(16)4-3-13(15)11-19/h3-4,9,12,19H,5-8,10-11H2,1-2H3. The normalized spacial score (nSPS) is 17.2. The molecule has 1 saturated heterocycles. The van der Waals surface area contributed by atoms with Crippen LogP contribution in [0.2, 0.25) is 0 Å². The first-order chi connectivity index (χ1) is 9.10. The monoisotopic (exact) mass is 326 g/mol. The Morgan fingerprint density at radius 1 is 1.32 bits per heavy atom. The fourth-order valence-electron chi connectivity index (χ4n) is 2.84. The van der Waals surface area contributed by atoms with E-state index in [0.717, 1.165) is 29.0 Å². The largest absolute Gasteiger partial charge is 0.392 e. The second-order valence-electron chi connectivity index (χ2n) is 5.62. The van der Waals surface area contributed by atoms with Crippen LogP contribution < -0.4 is 4.90 Å². The molecule has 1 aromatic rings. The Kier molecular flexibility index (Phi) is 5.25. The van der Waals surface area contributed by atoms with Crippen molar-refractivity contribution in [1.82, 2.24) is 4.90 Å². The van der Waals surface area contributed by atoms with E-state index in [1.807, 2.05) is 12.1 Å². The van der Waals surface area contributed by atoms with Crippen LogP contribution in [0.15, 0.2) is 22.7 Å². The molecule has 0 aliphatic carbocycles. The zero-order chi connectivity index (χ0) is 13.8. The van der Waals surface area contributed by atoms with Crippen molar-refractivity contribution in [3.05, 3.63) is 28.2 Å². The summed E-state index contributed by atoms with van der Waals surface area (Å²) in [5, 5.41) is 9.46. The number of aliphatic hydroxyl groups excluding tert-OH is 1. The minimum Gasteiger partial charge on any atom is -0.392 e. The SMILES string of the molecule is CN(C)CC1CCN(c2cc(Br)ccc2CO)CC1. The molecule has 106 valence electrons. The molecule has 0 atom stereocenters. The smallest absolute Gasteiger partial charge is 0.0702 e.